The summed E-state index contributed by atoms with van der Waals surface area (Å²) in [5.41, 5.74) is 6.89. The molecule has 2 aromatic carbocycles. The van der Waals surface area contributed by atoms with Gasteiger partial charge < -0.3 is 9.47 Å². The number of aryl methyl sites for hydroxylation is 2. The number of rotatable bonds is 5. The number of amides is 2. The van der Waals surface area contributed by atoms with Gasteiger partial charge in [0, 0.05) is 4.47 Å². The summed E-state index contributed by atoms with van der Waals surface area (Å²) in [5, 5.41) is 0. The van der Waals surface area contributed by atoms with E-state index in [1.54, 1.807) is 31.2 Å². The highest BCUT2D eigenvalue weighted by Crippen LogP contribution is 2.28. The summed E-state index contributed by atoms with van der Waals surface area (Å²) in [6, 6.07) is 10.6. The Labute approximate surface area is 161 Å². The molecule has 0 saturated heterocycles. The van der Waals surface area contributed by atoms with Crippen LogP contribution in [0.15, 0.2) is 40.9 Å². The van der Waals surface area contributed by atoms with Gasteiger partial charge in [0.05, 0.1) is 12.7 Å². The molecule has 0 radical (unpaired) electrons. The van der Waals surface area contributed by atoms with Gasteiger partial charge in [-0.2, -0.15) is 0 Å². The number of benzene rings is 2. The minimum Gasteiger partial charge on any atom is -0.496 e. The topological polar surface area (TPSA) is 76.7 Å². The number of halogens is 1. The van der Waals surface area contributed by atoms with E-state index >= 15 is 0 Å². The van der Waals surface area contributed by atoms with Crippen molar-refractivity contribution < 1.29 is 19.1 Å². The molecule has 2 aromatic rings. The van der Waals surface area contributed by atoms with Crippen LogP contribution in [0.4, 0.5) is 0 Å². The average Bonchev–Trinajstić information content (AvgIpc) is 2.61. The Morgan fingerprint density at radius 1 is 1.08 bits per heavy atom. The second-order valence-electron chi connectivity index (χ2n) is 5.77. The second kappa shape index (κ2) is 8.71. The van der Waals surface area contributed by atoms with E-state index in [0.29, 0.717) is 17.1 Å². The molecule has 1 atom stereocenters. The number of ether oxygens (including phenoxy) is 2. The Kier molecular flexibility index (Phi) is 6.63. The Bertz CT molecular complexity index is 800. The summed E-state index contributed by atoms with van der Waals surface area (Å²) in [6.45, 7) is 5.42. The zero-order valence-corrected chi connectivity index (χ0v) is 16.6. The van der Waals surface area contributed by atoms with Crippen LogP contribution in [0.3, 0.4) is 0 Å². The lowest BCUT2D eigenvalue weighted by Gasteiger charge is -2.18. The highest BCUT2D eigenvalue weighted by Gasteiger charge is 2.19. The molecule has 2 amide bonds. The highest BCUT2D eigenvalue weighted by molar-refractivity contribution is 9.10. The van der Waals surface area contributed by atoms with Crippen molar-refractivity contribution in [3.63, 3.8) is 0 Å². The molecule has 138 valence electrons. The summed E-state index contributed by atoms with van der Waals surface area (Å²) in [7, 11) is 1.48. The van der Waals surface area contributed by atoms with Crippen molar-refractivity contribution in [3.05, 3.63) is 57.6 Å². The fourth-order valence-electron chi connectivity index (χ4n) is 2.43. The van der Waals surface area contributed by atoms with Crippen LogP contribution in [0.5, 0.6) is 11.5 Å². The smallest absolute Gasteiger partial charge is 0.279 e. The van der Waals surface area contributed by atoms with E-state index < -0.39 is 17.9 Å². The zero-order chi connectivity index (χ0) is 19.3. The third-order valence-corrected chi connectivity index (χ3v) is 4.20. The molecular weight excluding hydrogens is 400 g/mol. The van der Waals surface area contributed by atoms with Crippen LogP contribution in [0.1, 0.15) is 28.4 Å². The number of carbonyl (C=O) groups excluding carboxylic acids is 2. The monoisotopic (exact) mass is 420 g/mol. The van der Waals surface area contributed by atoms with Crippen LogP contribution in [0.25, 0.3) is 0 Å². The standard InChI is InChI=1S/C19H21BrN2O4/c1-11-9-14(20)10-12(2)17(11)26-13(3)18(23)21-22-19(24)15-7-5-6-8-16(15)25-4/h5-10,13H,1-4H3,(H,21,23)(H,22,24). The Hall–Kier alpha value is -2.54. The fraction of sp³-hybridized carbons (Fsp3) is 0.263. The lowest BCUT2D eigenvalue weighted by Crippen LogP contribution is -2.47. The molecule has 0 saturated carbocycles. The summed E-state index contributed by atoms with van der Waals surface area (Å²) < 4.78 is 11.8. The van der Waals surface area contributed by atoms with E-state index in [0.717, 1.165) is 15.6 Å². The van der Waals surface area contributed by atoms with Crippen LogP contribution in [-0.4, -0.2) is 25.0 Å². The SMILES string of the molecule is COc1ccccc1C(=O)NNC(=O)C(C)Oc1c(C)cc(Br)cc1C. The first-order chi connectivity index (χ1) is 12.3. The van der Waals surface area contributed by atoms with Crippen molar-refractivity contribution in [2.75, 3.05) is 7.11 Å². The molecule has 0 aliphatic carbocycles. The first-order valence-electron chi connectivity index (χ1n) is 8.00. The van der Waals surface area contributed by atoms with Crippen LogP contribution in [0, 0.1) is 13.8 Å². The molecule has 0 aromatic heterocycles. The molecule has 0 aliphatic rings. The lowest BCUT2D eigenvalue weighted by atomic mass is 10.1. The van der Waals surface area contributed by atoms with Gasteiger partial charge in [-0.05, 0) is 56.2 Å². The van der Waals surface area contributed by atoms with Crippen molar-refractivity contribution in [2.45, 2.75) is 26.9 Å². The summed E-state index contributed by atoms with van der Waals surface area (Å²) in [5.74, 6) is 0.130. The average molecular weight is 421 g/mol. The van der Waals surface area contributed by atoms with E-state index in [2.05, 4.69) is 26.8 Å². The van der Waals surface area contributed by atoms with Crippen LogP contribution in [-0.2, 0) is 4.79 Å². The number of hydrogen-bond acceptors (Lipinski definition) is 4. The molecule has 0 heterocycles. The third-order valence-electron chi connectivity index (χ3n) is 3.74. The van der Waals surface area contributed by atoms with Crippen molar-refractivity contribution in [1.82, 2.24) is 10.9 Å². The number of hydrazine groups is 1. The first-order valence-corrected chi connectivity index (χ1v) is 8.79. The minimum absolute atomic E-state index is 0.323. The van der Waals surface area contributed by atoms with Gasteiger partial charge in [0.1, 0.15) is 11.5 Å². The maximum absolute atomic E-state index is 12.2. The Morgan fingerprint density at radius 2 is 1.69 bits per heavy atom. The predicted octanol–water partition coefficient (Wildman–Crippen LogP) is 3.30. The van der Waals surface area contributed by atoms with E-state index in [1.807, 2.05) is 26.0 Å². The van der Waals surface area contributed by atoms with Gasteiger partial charge in [0.2, 0.25) is 0 Å². The molecule has 2 rings (SSSR count). The number of para-hydroxylation sites is 1. The predicted molar refractivity (Wildman–Crippen MR) is 102 cm³/mol. The third kappa shape index (κ3) is 4.76. The summed E-state index contributed by atoms with van der Waals surface area (Å²) >= 11 is 3.42. The minimum atomic E-state index is -0.786. The molecule has 0 spiro atoms. The van der Waals surface area contributed by atoms with Crippen molar-refractivity contribution >= 4 is 27.7 Å². The largest absolute Gasteiger partial charge is 0.496 e. The zero-order valence-electron chi connectivity index (χ0n) is 15.1. The van der Waals surface area contributed by atoms with Gasteiger partial charge in [-0.25, -0.2) is 0 Å². The maximum atomic E-state index is 12.2. The molecule has 2 N–H and O–H groups in total. The summed E-state index contributed by atoms with van der Waals surface area (Å²) in [4.78, 5) is 24.4. The van der Waals surface area contributed by atoms with Crippen LogP contribution in [0.2, 0.25) is 0 Å². The highest BCUT2D eigenvalue weighted by atomic mass is 79.9. The second-order valence-corrected chi connectivity index (χ2v) is 6.69. The van der Waals surface area contributed by atoms with Gasteiger partial charge in [-0.3, -0.25) is 20.4 Å². The lowest BCUT2D eigenvalue weighted by molar-refractivity contribution is -0.128. The van der Waals surface area contributed by atoms with Crippen LogP contribution < -0.4 is 20.3 Å². The molecule has 6 nitrogen and oxygen atoms in total. The van der Waals surface area contributed by atoms with E-state index in [4.69, 9.17) is 9.47 Å². The van der Waals surface area contributed by atoms with Gasteiger partial charge in [0.15, 0.2) is 6.10 Å². The molecular formula is C19H21BrN2O4. The van der Waals surface area contributed by atoms with Gasteiger partial charge in [-0.1, -0.05) is 28.1 Å². The molecule has 1 unspecified atom stereocenters. The molecule has 0 fully saturated rings. The van der Waals surface area contributed by atoms with Gasteiger partial charge >= 0.3 is 0 Å². The van der Waals surface area contributed by atoms with Crippen LogP contribution >= 0.6 is 15.9 Å². The number of methoxy groups -OCH3 is 1. The number of carbonyl (C=O) groups is 2. The maximum Gasteiger partial charge on any atom is 0.279 e. The van der Waals surface area contributed by atoms with E-state index in [1.165, 1.54) is 7.11 Å². The molecule has 7 heteroatoms. The number of hydrogen-bond donors (Lipinski definition) is 2. The van der Waals surface area contributed by atoms with Crippen molar-refractivity contribution in [1.29, 1.82) is 0 Å². The fourth-order valence-corrected chi connectivity index (χ4v) is 3.12. The van der Waals surface area contributed by atoms with E-state index in [9.17, 15) is 9.59 Å². The normalized spacial score (nSPS) is 11.4. The van der Waals surface area contributed by atoms with E-state index in [-0.39, 0.29) is 0 Å². The summed E-state index contributed by atoms with van der Waals surface area (Å²) in [6.07, 6.45) is -0.786. The van der Waals surface area contributed by atoms with Gasteiger partial charge in [0.25, 0.3) is 11.8 Å². The number of nitrogens with one attached hydrogen (secondary N) is 2. The molecule has 26 heavy (non-hydrogen) atoms. The van der Waals surface area contributed by atoms with Crippen molar-refractivity contribution in [2.24, 2.45) is 0 Å². The van der Waals surface area contributed by atoms with Gasteiger partial charge in [-0.15, -0.1) is 0 Å². The molecule has 0 aliphatic heterocycles. The Balaban J connectivity index is 1.98. The quantitative estimate of drug-likeness (QED) is 0.727. The Morgan fingerprint density at radius 3 is 2.31 bits per heavy atom. The molecule has 0 bridgehead atoms. The first kappa shape index (κ1) is 19.8. The van der Waals surface area contributed by atoms with Crippen molar-refractivity contribution in [3.8, 4) is 11.5 Å².